The molecule has 3 fully saturated rings. The Morgan fingerprint density at radius 2 is 2.00 bits per heavy atom. The van der Waals surface area contributed by atoms with Crippen molar-refractivity contribution < 1.29 is 58.6 Å². The molecule has 0 bridgehead atoms. The van der Waals surface area contributed by atoms with E-state index in [0.717, 1.165) is 39.1 Å². The number of benzene rings is 1. The van der Waals surface area contributed by atoms with Crippen molar-refractivity contribution in [3.63, 3.8) is 0 Å². The number of rotatable bonds is 15. The highest BCUT2D eigenvalue weighted by atomic mass is 35.5. The second-order valence-corrected chi connectivity index (χ2v) is 15.8. The number of carbonyl (C=O) groups is 6. The first kappa shape index (κ1) is 40.5. The minimum absolute atomic E-state index is 0.00378. The van der Waals surface area contributed by atoms with Gasteiger partial charge in [0.25, 0.3) is 11.8 Å². The van der Waals surface area contributed by atoms with Crippen molar-refractivity contribution in [1.29, 1.82) is 0 Å². The third kappa shape index (κ3) is 7.95. The second-order valence-electron chi connectivity index (χ2n) is 13.2. The molecule has 7 N–H and O–H groups in total. The molecule has 2 aromatic heterocycles. The van der Waals surface area contributed by atoms with Crippen molar-refractivity contribution in [3.05, 3.63) is 52.5 Å². The lowest BCUT2D eigenvalue weighted by molar-refractivity contribution is -0.680. The van der Waals surface area contributed by atoms with Crippen LogP contribution < -0.4 is 26.0 Å². The molecule has 5 amide bonds. The summed E-state index contributed by atoms with van der Waals surface area (Å²) in [4.78, 5) is 86.2. The number of aromatic nitrogens is 3. The van der Waals surface area contributed by atoms with Gasteiger partial charge in [-0.15, -0.1) is 11.3 Å². The number of β-lactam (4-membered cyclic amide) rings is 1. The van der Waals surface area contributed by atoms with E-state index in [0.29, 0.717) is 6.54 Å². The number of oxime groups is 1. The van der Waals surface area contributed by atoms with E-state index < -0.39 is 81.3 Å². The number of hydrogen-bond acceptors (Lipinski definition) is 16. The number of hydrogen-bond donors (Lipinski definition) is 6. The lowest BCUT2D eigenvalue weighted by atomic mass is 10.1. The van der Waals surface area contributed by atoms with E-state index in [-0.39, 0.29) is 47.6 Å². The van der Waals surface area contributed by atoms with Crippen molar-refractivity contribution >= 4 is 87.4 Å². The number of amides is 5. The van der Waals surface area contributed by atoms with Crippen LogP contribution in [0.1, 0.15) is 29.9 Å². The molecule has 3 aliphatic heterocycles. The number of halogens is 1. The molecule has 3 saturated heterocycles. The number of nitrogens with zero attached hydrogens (tertiary/aromatic N) is 8. The van der Waals surface area contributed by atoms with Crippen molar-refractivity contribution in [3.8, 4) is 11.5 Å². The molecule has 6 rings (SSSR count). The SMILES string of the molecule is CC(C)(O/N=C(\C(=O)N[C@@H]1C(=O)N2C[C@@](C(=O)[O-])(N3CCN(/N=C/C[n+]4ccn(CCNC(=O)c5ccc(O)c(O)c5Cl)c4)C3=O)S[C@H]12)c1csc(N)n1)C(=O)O. The smallest absolute Gasteiger partial charge is 0.350 e. The predicted molar refractivity (Wildman–Crippen MR) is 198 cm³/mol. The van der Waals surface area contributed by atoms with Crippen LogP contribution >= 0.6 is 34.7 Å². The number of carboxylic acid groups (broad SMARTS) is 2. The molecule has 0 saturated carbocycles. The summed E-state index contributed by atoms with van der Waals surface area (Å²) in [5, 5.41) is 55.8. The van der Waals surface area contributed by atoms with Crippen LogP contribution in [0.4, 0.5) is 9.93 Å². The summed E-state index contributed by atoms with van der Waals surface area (Å²) in [6.07, 6.45) is 6.62. The van der Waals surface area contributed by atoms with Gasteiger partial charge < -0.3 is 51.3 Å². The van der Waals surface area contributed by atoms with E-state index in [1.54, 1.807) is 27.9 Å². The number of nitrogens with two attached hydrogens (primary N) is 1. The number of carbonyl (C=O) groups excluding carboxylic acids is 5. The van der Waals surface area contributed by atoms with Gasteiger partial charge in [-0.2, -0.15) is 5.10 Å². The van der Waals surface area contributed by atoms with E-state index in [1.807, 2.05) is 0 Å². The van der Waals surface area contributed by atoms with Gasteiger partial charge in [0.05, 0.1) is 42.4 Å². The minimum Gasteiger partial charge on any atom is -0.547 e. The summed E-state index contributed by atoms with van der Waals surface area (Å²) >= 11 is 7.67. The molecule has 1 aromatic carbocycles. The van der Waals surface area contributed by atoms with E-state index in [1.165, 1.54) is 36.4 Å². The number of hydrazone groups is 1. The first-order valence-electron chi connectivity index (χ1n) is 16.8. The van der Waals surface area contributed by atoms with E-state index in [9.17, 15) is 49.2 Å². The van der Waals surface area contributed by atoms with Gasteiger partial charge in [-0.25, -0.2) is 28.7 Å². The van der Waals surface area contributed by atoms with Crippen LogP contribution in [0.25, 0.3) is 0 Å². The number of nitrogens with one attached hydrogen (secondary N) is 2. The molecule has 57 heavy (non-hydrogen) atoms. The number of thiazole rings is 1. The zero-order valence-corrected chi connectivity index (χ0v) is 32.3. The number of fused-ring (bicyclic) bond motifs is 1. The highest BCUT2D eigenvalue weighted by molar-refractivity contribution is 8.02. The standard InChI is InChI=1S/C32H34ClN11O11S2/c1-31(2,27(50)51)55-39-20(17-13-56-29(34)37-17)24(48)38-21-25(49)42-14-32(28(52)53,57-26(21)42)43-11-12-44(30(43)54)36-6-8-41-10-9-40(15-41)7-5-35-23(47)16-3-4-18(45)22(46)19(16)33/h3-4,6,9-10,13,15,21,26H,5,7-8,11-12,14H2,1-2H3,(H7-,34,35,37,38,39,45,46,47,48,50,51,52,53)/b36-6+/t21-,26-,32-/m1/s1. The number of carboxylic acids is 2. The van der Waals surface area contributed by atoms with Gasteiger partial charge in [0.1, 0.15) is 47.5 Å². The van der Waals surface area contributed by atoms with E-state index >= 15 is 0 Å². The van der Waals surface area contributed by atoms with Crippen LogP contribution in [0.2, 0.25) is 5.02 Å². The number of imidazole rings is 1. The number of nitrogen functional groups attached to an aromatic ring is 1. The van der Waals surface area contributed by atoms with Gasteiger partial charge in [-0.1, -0.05) is 28.5 Å². The van der Waals surface area contributed by atoms with E-state index in [2.05, 4.69) is 25.9 Å². The average Bonchev–Trinajstić information content (AvgIpc) is 3.96. The summed E-state index contributed by atoms with van der Waals surface area (Å²) in [5.41, 5.74) is 3.35. The number of aliphatic carboxylic acids is 2. The minimum atomic E-state index is -2.01. The quantitative estimate of drug-likeness (QED) is 0.0322. The summed E-state index contributed by atoms with van der Waals surface area (Å²) in [6.45, 7) is 2.73. The largest absolute Gasteiger partial charge is 0.547 e. The van der Waals surface area contributed by atoms with Crippen LogP contribution in [0.3, 0.4) is 0 Å². The molecule has 302 valence electrons. The number of phenolic OH excluding ortho intramolecular Hbond substituents is 2. The fraction of sp³-hybridized carbons (Fsp3) is 0.375. The van der Waals surface area contributed by atoms with Crippen LogP contribution in [0, 0.1) is 0 Å². The Balaban J connectivity index is 1.04. The molecule has 5 heterocycles. The first-order chi connectivity index (χ1) is 26.9. The predicted octanol–water partition coefficient (Wildman–Crippen LogP) is -1.84. The maximum atomic E-state index is 13.5. The topological polar surface area (TPSA) is 302 Å². The van der Waals surface area contributed by atoms with E-state index in [4.69, 9.17) is 22.2 Å². The van der Waals surface area contributed by atoms with Crippen LogP contribution in [0.15, 0.2) is 46.5 Å². The van der Waals surface area contributed by atoms with Crippen molar-refractivity contribution in [2.24, 2.45) is 10.3 Å². The normalized spacial score (nSPS) is 20.8. The monoisotopic (exact) mass is 847 g/mol. The first-order valence-corrected chi connectivity index (χ1v) is 18.9. The Morgan fingerprint density at radius 1 is 1.25 bits per heavy atom. The Labute approximate surface area is 335 Å². The Morgan fingerprint density at radius 3 is 2.68 bits per heavy atom. The Hall–Kier alpha value is -6.14. The van der Waals surface area contributed by atoms with Crippen molar-refractivity contribution in [1.82, 2.24) is 35.0 Å². The molecule has 3 atom stereocenters. The number of thioether (sulfide) groups is 1. The van der Waals surface area contributed by atoms with Crippen LogP contribution in [-0.4, -0.2) is 135 Å². The zero-order chi connectivity index (χ0) is 41.4. The molecule has 0 spiro atoms. The lowest BCUT2D eigenvalue weighted by Gasteiger charge is -2.41. The number of urea groups is 1. The number of aromatic hydroxyl groups is 2. The Kier molecular flexibility index (Phi) is 11.2. The molecule has 3 aromatic rings. The third-order valence-electron chi connectivity index (χ3n) is 8.99. The van der Waals surface area contributed by atoms with Gasteiger partial charge in [0.15, 0.2) is 22.3 Å². The van der Waals surface area contributed by atoms with Gasteiger partial charge in [0, 0.05) is 11.9 Å². The van der Waals surface area contributed by atoms with Gasteiger partial charge in [-0.05, 0) is 26.0 Å². The fourth-order valence-electron chi connectivity index (χ4n) is 5.80. The molecule has 3 aliphatic rings. The van der Waals surface area contributed by atoms with Gasteiger partial charge >= 0.3 is 12.0 Å². The lowest BCUT2D eigenvalue weighted by Crippen LogP contribution is -2.68. The molecular formula is C32H34ClN11O11S2. The summed E-state index contributed by atoms with van der Waals surface area (Å²) in [5.74, 6) is -6.19. The second kappa shape index (κ2) is 15.8. The summed E-state index contributed by atoms with van der Waals surface area (Å²) in [6, 6.07) is 0.443. The highest BCUT2D eigenvalue weighted by Gasteiger charge is 2.64. The summed E-state index contributed by atoms with van der Waals surface area (Å²) < 4.78 is 3.50. The molecule has 25 heteroatoms. The van der Waals surface area contributed by atoms with Crippen molar-refractivity contribution in [2.45, 2.75) is 48.8 Å². The van der Waals surface area contributed by atoms with Gasteiger partial charge in [0.2, 0.25) is 17.8 Å². The average molecular weight is 848 g/mol. The highest BCUT2D eigenvalue weighted by Crippen LogP contribution is 2.49. The zero-order valence-electron chi connectivity index (χ0n) is 29.9. The van der Waals surface area contributed by atoms with Crippen LogP contribution in [0.5, 0.6) is 11.5 Å². The number of phenols is 2. The maximum absolute atomic E-state index is 13.5. The third-order valence-corrected chi connectivity index (χ3v) is 11.7. The fourth-order valence-corrected chi connectivity index (χ4v) is 8.23. The molecule has 0 radical (unpaired) electrons. The molecular weight excluding hydrogens is 814 g/mol. The molecule has 0 aliphatic carbocycles. The summed E-state index contributed by atoms with van der Waals surface area (Å²) in [7, 11) is 0. The number of anilines is 1. The Bertz CT molecular complexity index is 2210. The van der Waals surface area contributed by atoms with Gasteiger partial charge in [-0.3, -0.25) is 19.3 Å². The van der Waals surface area contributed by atoms with Crippen molar-refractivity contribution in [2.75, 3.05) is 31.9 Å². The maximum Gasteiger partial charge on any atom is 0.350 e. The molecule has 0 unspecified atom stereocenters. The van der Waals surface area contributed by atoms with Crippen LogP contribution in [-0.2, 0) is 37.1 Å². The molecule has 22 nitrogen and oxygen atoms in total.